The van der Waals surface area contributed by atoms with Crippen LogP contribution in [-0.2, 0) is 6.54 Å². The van der Waals surface area contributed by atoms with Crippen molar-refractivity contribution in [1.29, 1.82) is 0 Å². The molecule has 1 unspecified atom stereocenters. The van der Waals surface area contributed by atoms with E-state index in [0.29, 0.717) is 6.04 Å². The van der Waals surface area contributed by atoms with Gasteiger partial charge in [-0.2, -0.15) is 0 Å². The number of nitrogens with one attached hydrogen (secondary N) is 1. The quantitative estimate of drug-likeness (QED) is 0.832. The molecule has 0 saturated heterocycles. The van der Waals surface area contributed by atoms with E-state index in [0.717, 1.165) is 6.54 Å². The SMILES string of the molecule is CCCC(NC)c1ccn(Cc2cc(C)cc(C)c2)c1. The Bertz CT molecular complexity index is 534. The van der Waals surface area contributed by atoms with Gasteiger partial charge in [0.2, 0.25) is 0 Å². The molecule has 0 bridgehead atoms. The lowest BCUT2D eigenvalue weighted by Crippen LogP contribution is -2.15. The lowest BCUT2D eigenvalue weighted by Gasteiger charge is -2.13. The summed E-state index contributed by atoms with van der Waals surface area (Å²) < 4.78 is 2.28. The van der Waals surface area contributed by atoms with E-state index in [4.69, 9.17) is 0 Å². The maximum atomic E-state index is 3.40. The monoisotopic (exact) mass is 270 g/mol. The maximum Gasteiger partial charge on any atom is 0.0470 e. The molecule has 0 fully saturated rings. The number of hydrogen-bond acceptors (Lipinski definition) is 1. The van der Waals surface area contributed by atoms with Crippen LogP contribution < -0.4 is 5.32 Å². The van der Waals surface area contributed by atoms with Gasteiger partial charge in [0.05, 0.1) is 0 Å². The van der Waals surface area contributed by atoms with Crippen molar-refractivity contribution < 1.29 is 0 Å². The Morgan fingerprint density at radius 1 is 1.15 bits per heavy atom. The molecule has 1 heterocycles. The van der Waals surface area contributed by atoms with Gasteiger partial charge >= 0.3 is 0 Å². The van der Waals surface area contributed by atoms with Crippen LogP contribution in [0.1, 0.15) is 48.1 Å². The van der Waals surface area contributed by atoms with Gasteiger partial charge in [-0.05, 0) is 44.5 Å². The fourth-order valence-corrected chi connectivity index (χ4v) is 2.90. The smallest absolute Gasteiger partial charge is 0.0470 e. The van der Waals surface area contributed by atoms with Crippen LogP contribution >= 0.6 is 0 Å². The first-order valence-electron chi connectivity index (χ1n) is 7.52. The standard InChI is InChI=1S/C18H26N2/c1-5-6-18(19-4)17-7-8-20(13-17)12-16-10-14(2)9-15(3)11-16/h7-11,13,18-19H,5-6,12H2,1-4H3. The number of aromatic nitrogens is 1. The molecule has 0 spiro atoms. The fourth-order valence-electron chi connectivity index (χ4n) is 2.90. The maximum absolute atomic E-state index is 3.40. The molecule has 2 aromatic rings. The van der Waals surface area contributed by atoms with Gasteiger partial charge in [-0.15, -0.1) is 0 Å². The summed E-state index contributed by atoms with van der Waals surface area (Å²) in [6, 6.07) is 9.48. The molecule has 108 valence electrons. The minimum atomic E-state index is 0.473. The zero-order chi connectivity index (χ0) is 14.5. The van der Waals surface area contributed by atoms with Crippen molar-refractivity contribution in [2.75, 3.05) is 7.05 Å². The molecule has 2 rings (SSSR count). The van der Waals surface area contributed by atoms with E-state index in [2.05, 4.69) is 67.3 Å². The molecule has 1 N–H and O–H groups in total. The second kappa shape index (κ2) is 6.76. The zero-order valence-electron chi connectivity index (χ0n) is 13.1. The van der Waals surface area contributed by atoms with Gasteiger partial charge < -0.3 is 9.88 Å². The minimum absolute atomic E-state index is 0.473. The van der Waals surface area contributed by atoms with Crippen molar-refractivity contribution in [2.45, 2.75) is 46.2 Å². The third-order valence-electron chi connectivity index (χ3n) is 3.75. The highest BCUT2D eigenvalue weighted by Crippen LogP contribution is 2.19. The molecule has 0 amide bonds. The Hall–Kier alpha value is -1.54. The van der Waals surface area contributed by atoms with Crippen molar-refractivity contribution in [1.82, 2.24) is 9.88 Å². The normalized spacial score (nSPS) is 12.6. The first kappa shape index (κ1) is 14.9. The van der Waals surface area contributed by atoms with Crippen LogP contribution in [0.15, 0.2) is 36.7 Å². The summed E-state index contributed by atoms with van der Waals surface area (Å²) in [5.74, 6) is 0. The summed E-state index contributed by atoms with van der Waals surface area (Å²) in [5, 5.41) is 3.40. The van der Waals surface area contributed by atoms with Crippen LogP contribution in [-0.4, -0.2) is 11.6 Å². The van der Waals surface area contributed by atoms with Gasteiger partial charge in [0.15, 0.2) is 0 Å². The topological polar surface area (TPSA) is 17.0 Å². The van der Waals surface area contributed by atoms with Crippen LogP contribution in [0.3, 0.4) is 0 Å². The van der Waals surface area contributed by atoms with Crippen LogP contribution in [0.25, 0.3) is 0 Å². The predicted octanol–water partition coefficient (Wildman–Crippen LogP) is 4.21. The number of nitrogens with zero attached hydrogens (tertiary/aromatic N) is 1. The van der Waals surface area contributed by atoms with E-state index < -0.39 is 0 Å². The van der Waals surface area contributed by atoms with Gasteiger partial charge in [-0.3, -0.25) is 0 Å². The van der Waals surface area contributed by atoms with E-state index in [9.17, 15) is 0 Å². The molecule has 20 heavy (non-hydrogen) atoms. The summed E-state index contributed by atoms with van der Waals surface area (Å²) in [6.07, 6.45) is 6.85. The van der Waals surface area contributed by atoms with Crippen LogP contribution in [0.5, 0.6) is 0 Å². The number of aryl methyl sites for hydroxylation is 2. The molecule has 1 aromatic carbocycles. The summed E-state index contributed by atoms with van der Waals surface area (Å²) >= 11 is 0. The Morgan fingerprint density at radius 2 is 1.85 bits per heavy atom. The zero-order valence-corrected chi connectivity index (χ0v) is 13.1. The van der Waals surface area contributed by atoms with Gasteiger partial charge in [-0.1, -0.05) is 42.7 Å². The highest BCUT2D eigenvalue weighted by molar-refractivity contribution is 5.29. The van der Waals surface area contributed by atoms with E-state index in [1.807, 2.05) is 7.05 Å². The molecule has 2 nitrogen and oxygen atoms in total. The summed E-state index contributed by atoms with van der Waals surface area (Å²) in [5.41, 5.74) is 5.44. The summed E-state index contributed by atoms with van der Waals surface area (Å²) in [4.78, 5) is 0. The highest BCUT2D eigenvalue weighted by Gasteiger charge is 2.09. The molecule has 0 saturated carbocycles. The highest BCUT2D eigenvalue weighted by atomic mass is 14.9. The average molecular weight is 270 g/mol. The second-order valence-electron chi connectivity index (χ2n) is 5.74. The molecule has 0 aliphatic rings. The van der Waals surface area contributed by atoms with E-state index >= 15 is 0 Å². The van der Waals surface area contributed by atoms with Crippen LogP contribution in [0.2, 0.25) is 0 Å². The fraction of sp³-hybridized carbons (Fsp3) is 0.444. The van der Waals surface area contributed by atoms with E-state index in [-0.39, 0.29) is 0 Å². The molecule has 0 radical (unpaired) electrons. The lowest BCUT2D eigenvalue weighted by atomic mass is 10.1. The van der Waals surface area contributed by atoms with Crippen molar-refractivity contribution in [3.8, 4) is 0 Å². The van der Waals surface area contributed by atoms with Crippen molar-refractivity contribution in [2.24, 2.45) is 0 Å². The van der Waals surface area contributed by atoms with Crippen molar-refractivity contribution in [3.05, 3.63) is 58.9 Å². The van der Waals surface area contributed by atoms with E-state index in [1.54, 1.807) is 0 Å². The molecular formula is C18H26N2. The van der Waals surface area contributed by atoms with Gasteiger partial charge in [-0.25, -0.2) is 0 Å². The Morgan fingerprint density at radius 3 is 2.45 bits per heavy atom. The molecule has 0 aliphatic heterocycles. The van der Waals surface area contributed by atoms with Crippen LogP contribution in [0, 0.1) is 13.8 Å². The second-order valence-corrected chi connectivity index (χ2v) is 5.74. The lowest BCUT2D eigenvalue weighted by molar-refractivity contribution is 0.540. The van der Waals surface area contributed by atoms with Gasteiger partial charge in [0.1, 0.15) is 0 Å². The Labute approximate surface area is 122 Å². The Kier molecular flexibility index (Phi) is 5.02. The Balaban J connectivity index is 2.12. The number of benzene rings is 1. The molecule has 2 heteroatoms. The predicted molar refractivity (Wildman–Crippen MR) is 86.2 cm³/mol. The van der Waals surface area contributed by atoms with Crippen LogP contribution in [0.4, 0.5) is 0 Å². The summed E-state index contributed by atoms with van der Waals surface area (Å²) in [7, 11) is 2.04. The molecule has 1 atom stereocenters. The first-order chi connectivity index (χ1) is 9.62. The summed E-state index contributed by atoms with van der Waals surface area (Å²) in [6.45, 7) is 7.51. The number of rotatable bonds is 6. The van der Waals surface area contributed by atoms with Gasteiger partial charge in [0, 0.05) is 25.0 Å². The third-order valence-corrected chi connectivity index (χ3v) is 3.75. The third kappa shape index (κ3) is 3.73. The average Bonchev–Trinajstić information content (AvgIpc) is 2.83. The minimum Gasteiger partial charge on any atom is -0.350 e. The van der Waals surface area contributed by atoms with Crippen molar-refractivity contribution >= 4 is 0 Å². The largest absolute Gasteiger partial charge is 0.350 e. The number of hydrogen-bond donors (Lipinski definition) is 1. The first-order valence-corrected chi connectivity index (χ1v) is 7.52. The van der Waals surface area contributed by atoms with Gasteiger partial charge in [0.25, 0.3) is 0 Å². The van der Waals surface area contributed by atoms with Crippen molar-refractivity contribution in [3.63, 3.8) is 0 Å². The molecule has 1 aromatic heterocycles. The molecular weight excluding hydrogens is 244 g/mol. The van der Waals surface area contributed by atoms with E-state index in [1.165, 1.54) is 35.1 Å². The molecule has 0 aliphatic carbocycles.